The van der Waals surface area contributed by atoms with Crippen molar-refractivity contribution in [3.8, 4) is 5.75 Å². The van der Waals surface area contributed by atoms with Crippen molar-refractivity contribution in [3.05, 3.63) is 64.7 Å². The summed E-state index contributed by atoms with van der Waals surface area (Å²) in [5.74, 6) is 1.08. The first-order valence-electron chi connectivity index (χ1n) is 10.3. The number of aromatic nitrogens is 2. The number of hydrogen-bond acceptors (Lipinski definition) is 5. The van der Waals surface area contributed by atoms with Crippen LogP contribution in [0.25, 0.3) is 10.9 Å². The molecule has 1 amide bonds. The van der Waals surface area contributed by atoms with Crippen molar-refractivity contribution < 1.29 is 9.53 Å². The van der Waals surface area contributed by atoms with Crippen molar-refractivity contribution in [2.24, 2.45) is 0 Å². The van der Waals surface area contributed by atoms with Crippen molar-refractivity contribution in [1.29, 1.82) is 0 Å². The molecule has 7 nitrogen and oxygen atoms in total. The molecule has 1 saturated heterocycles. The molecule has 2 heterocycles. The highest BCUT2D eigenvalue weighted by atomic mass is 16.5. The molecular formula is C23H26N4O3. The Bertz CT molecular complexity index is 1090. The van der Waals surface area contributed by atoms with Crippen LogP contribution in [0.1, 0.15) is 25.1 Å². The van der Waals surface area contributed by atoms with Crippen molar-refractivity contribution >= 4 is 22.5 Å². The minimum atomic E-state index is -0.265. The first-order chi connectivity index (χ1) is 14.6. The average Bonchev–Trinajstić information content (AvgIpc) is 2.78. The van der Waals surface area contributed by atoms with Gasteiger partial charge < -0.3 is 10.1 Å². The summed E-state index contributed by atoms with van der Waals surface area (Å²) >= 11 is 0. The van der Waals surface area contributed by atoms with Crippen molar-refractivity contribution in [1.82, 2.24) is 14.5 Å². The molecule has 3 aromatic rings. The molecule has 0 atom stereocenters. The van der Waals surface area contributed by atoms with Gasteiger partial charge in [-0.05, 0) is 62.3 Å². The number of amides is 1. The van der Waals surface area contributed by atoms with Gasteiger partial charge in [0.15, 0.2) is 0 Å². The maximum atomic E-state index is 13.2. The zero-order valence-electron chi connectivity index (χ0n) is 17.1. The Morgan fingerprint density at radius 1 is 1.07 bits per heavy atom. The van der Waals surface area contributed by atoms with Crippen LogP contribution in [-0.4, -0.2) is 40.6 Å². The van der Waals surface area contributed by atoms with Crippen LogP contribution in [0, 0.1) is 0 Å². The van der Waals surface area contributed by atoms with Gasteiger partial charge in [0.2, 0.25) is 5.91 Å². The number of para-hydroxylation sites is 1. The Labute approximate surface area is 175 Å². The van der Waals surface area contributed by atoms with E-state index in [4.69, 9.17) is 9.72 Å². The summed E-state index contributed by atoms with van der Waals surface area (Å²) in [5.41, 5.74) is 1.14. The number of nitrogens with zero attached hydrogens (tertiary/aromatic N) is 3. The quantitative estimate of drug-likeness (QED) is 0.681. The lowest BCUT2D eigenvalue weighted by Crippen LogP contribution is -2.36. The van der Waals surface area contributed by atoms with Gasteiger partial charge in [-0.1, -0.05) is 18.6 Å². The fraction of sp³-hybridized carbons (Fsp3) is 0.348. The molecule has 1 aromatic heterocycles. The van der Waals surface area contributed by atoms with Gasteiger partial charge in [0.05, 0.1) is 24.6 Å². The molecule has 1 aliphatic rings. The van der Waals surface area contributed by atoms with E-state index in [1.165, 1.54) is 11.0 Å². The van der Waals surface area contributed by atoms with Crippen molar-refractivity contribution in [3.63, 3.8) is 0 Å². The molecular weight excluding hydrogens is 380 g/mol. The first kappa shape index (κ1) is 20.1. The molecule has 2 aromatic carbocycles. The highest BCUT2D eigenvalue weighted by Gasteiger charge is 2.18. The second-order valence-corrected chi connectivity index (χ2v) is 7.55. The third-order valence-electron chi connectivity index (χ3n) is 5.43. The number of carbonyl (C=O) groups is 1. The second kappa shape index (κ2) is 9.09. The molecule has 0 radical (unpaired) electrons. The van der Waals surface area contributed by atoms with E-state index >= 15 is 0 Å². The number of anilines is 1. The highest BCUT2D eigenvalue weighted by molar-refractivity contribution is 5.90. The van der Waals surface area contributed by atoms with Gasteiger partial charge in [0, 0.05) is 5.69 Å². The number of benzene rings is 2. The van der Waals surface area contributed by atoms with Crippen LogP contribution < -0.4 is 15.6 Å². The monoisotopic (exact) mass is 406 g/mol. The minimum Gasteiger partial charge on any atom is -0.497 e. The van der Waals surface area contributed by atoms with Gasteiger partial charge in [-0.2, -0.15) is 0 Å². The Balaban J connectivity index is 1.61. The number of ether oxygens (including phenoxy) is 1. The molecule has 1 aliphatic heterocycles. The van der Waals surface area contributed by atoms with Crippen LogP contribution in [0.15, 0.2) is 53.3 Å². The van der Waals surface area contributed by atoms with E-state index in [9.17, 15) is 9.59 Å². The lowest BCUT2D eigenvalue weighted by Gasteiger charge is -2.27. The molecule has 0 unspecified atom stereocenters. The fourth-order valence-electron chi connectivity index (χ4n) is 3.83. The number of hydrogen-bond donors (Lipinski definition) is 1. The van der Waals surface area contributed by atoms with Crippen LogP contribution in [0.4, 0.5) is 5.69 Å². The number of piperidine rings is 1. The predicted molar refractivity (Wildman–Crippen MR) is 117 cm³/mol. The zero-order valence-corrected chi connectivity index (χ0v) is 17.1. The smallest absolute Gasteiger partial charge is 0.261 e. The third kappa shape index (κ3) is 4.52. The molecule has 4 rings (SSSR count). The van der Waals surface area contributed by atoms with Gasteiger partial charge >= 0.3 is 0 Å². The molecule has 7 heteroatoms. The summed E-state index contributed by atoms with van der Waals surface area (Å²) in [4.78, 5) is 32.9. The van der Waals surface area contributed by atoms with E-state index in [0.717, 1.165) is 25.9 Å². The SMILES string of the molecule is COc1ccc(NC(=O)Cn2c(CN3CCCCC3)nc3ccccc3c2=O)cc1. The number of nitrogens with one attached hydrogen (secondary N) is 1. The van der Waals surface area contributed by atoms with Gasteiger partial charge in [0.1, 0.15) is 18.1 Å². The van der Waals surface area contributed by atoms with Crippen molar-refractivity contribution in [2.45, 2.75) is 32.4 Å². The van der Waals surface area contributed by atoms with E-state index in [2.05, 4.69) is 10.2 Å². The van der Waals surface area contributed by atoms with Crippen LogP contribution in [0.5, 0.6) is 5.75 Å². The molecule has 0 spiro atoms. The highest BCUT2D eigenvalue weighted by Crippen LogP contribution is 2.16. The number of rotatable bonds is 6. The largest absolute Gasteiger partial charge is 0.497 e. The standard InChI is InChI=1S/C23H26N4O3/c1-30-18-11-9-17(10-12-18)24-22(28)16-27-21(15-26-13-5-2-6-14-26)25-20-8-4-3-7-19(20)23(27)29/h3-4,7-12H,2,5-6,13-16H2,1H3,(H,24,28). The number of fused-ring (bicyclic) bond motifs is 1. The Morgan fingerprint density at radius 2 is 1.80 bits per heavy atom. The van der Waals surface area contributed by atoms with Crippen molar-refractivity contribution in [2.75, 3.05) is 25.5 Å². The zero-order chi connectivity index (χ0) is 20.9. The number of methoxy groups -OCH3 is 1. The van der Waals surface area contributed by atoms with Crippen LogP contribution in [0.2, 0.25) is 0 Å². The van der Waals surface area contributed by atoms with E-state index in [0.29, 0.717) is 34.7 Å². The van der Waals surface area contributed by atoms with Gasteiger partial charge in [-0.3, -0.25) is 19.1 Å². The molecule has 0 saturated carbocycles. The Morgan fingerprint density at radius 3 is 2.53 bits per heavy atom. The molecule has 30 heavy (non-hydrogen) atoms. The molecule has 0 aliphatic carbocycles. The fourth-order valence-corrected chi connectivity index (χ4v) is 3.83. The van der Waals surface area contributed by atoms with Gasteiger partial charge in [-0.15, -0.1) is 0 Å². The minimum absolute atomic E-state index is 0.0775. The maximum Gasteiger partial charge on any atom is 0.261 e. The molecule has 156 valence electrons. The topological polar surface area (TPSA) is 76.5 Å². The number of carbonyl (C=O) groups excluding carboxylic acids is 1. The third-order valence-corrected chi connectivity index (χ3v) is 5.43. The maximum absolute atomic E-state index is 13.2. The second-order valence-electron chi connectivity index (χ2n) is 7.55. The molecule has 0 bridgehead atoms. The Hall–Kier alpha value is -3.19. The Kier molecular flexibility index (Phi) is 6.09. The summed E-state index contributed by atoms with van der Waals surface area (Å²) < 4.78 is 6.65. The van der Waals surface area contributed by atoms with E-state index in [1.54, 1.807) is 37.4 Å². The van der Waals surface area contributed by atoms with Crippen LogP contribution >= 0.6 is 0 Å². The summed E-state index contributed by atoms with van der Waals surface area (Å²) in [6.45, 7) is 2.46. The lowest BCUT2D eigenvalue weighted by molar-refractivity contribution is -0.116. The lowest BCUT2D eigenvalue weighted by atomic mass is 10.1. The van der Waals surface area contributed by atoms with Crippen LogP contribution in [0.3, 0.4) is 0 Å². The summed E-state index contributed by atoms with van der Waals surface area (Å²) in [6, 6.07) is 14.4. The van der Waals surface area contributed by atoms with Gasteiger partial charge in [-0.25, -0.2) is 4.98 Å². The summed E-state index contributed by atoms with van der Waals surface area (Å²) in [5, 5.41) is 3.38. The molecule has 1 N–H and O–H groups in total. The van der Waals surface area contributed by atoms with E-state index in [-0.39, 0.29) is 18.0 Å². The van der Waals surface area contributed by atoms with E-state index < -0.39 is 0 Å². The predicted octanol–water partition coefficient (Wildman–Crippen LogP) is 3.03. The van der Waals surface area contributed by atoms with E-state index in [1.807, 2.05) is 18.2 Å². The first-order valence-corrected chi connectivity index (χ1v) is 10.3. The molecule has 1 fully saturated rings. The summed E-state index contributed by atoms with van der Waals surface area (Å²) in [6.07, 6.45) is 3.53. The van der Waals surface area contributed by atoms with Crippen LogP contribution in [-0.2, 0) is 17.9 Å². The number of likely N-dealkylation sites (tertiary alicyclic amines) is 1. The summed E-state index contributed by atoms with van der Waals surface area (Å²) in [7, 11) is 1.59. The average molecular weight is 406 g/mol. The van der Waals surface area contributed by atoms with Gasteiger partial charge in [0.25, 0.3) is 5.56 Å². The normalized spacial score (nSPS) is 14.6.